The largest absolute Gasteiger partial charge is 0.462 e. The van der Waals surface area contributed by atoms with Gasteiger partial charge in [0.05, 0.1) is 6.61 Å². The summed E-state index contributed by atoms with van der Waals surface area (Å²) >= 11 is 0. The summed E-state index contributed by atoms with van der Waals surface area (Å²) in [5.74, 6) is -0.431. The van der Waals surface area contributed by atoms with Gasteiger partial charge in [0, 0.05) is 19.4 Å². The predicted molar refractivity (Wildman–Crippen MR) is 260 cm³/mol. The molecule has 0 aliphatic heterocycles. The zero-order valence-electron chi connectivity index (χ0n) is 39.7. The third-order valence-corrected chi connectivity index (χ3v) is 10.7. The molecule has 0 aromatic rings. The molecule has 0 rings (SSSR count). The second-order valence-electron chi connectivity index (χ2n) is 16.7. The van der Waals surface area contributed by atoms with Crippen LogP contribution < -0.4 is 0 Å². The van der Waals surface area contributed by atoms with E-state index in [1.807, 2.05) is 0 Å². The van der Waals surface area contributed by atoms with Crippen LogP contribution in [-0.4, -0.2) is 37.9 Å². The van der Waals surface area contributed by atoms with Crippen molar-refractivity contribution in [2.45, 2.75) is 245 Å². The van der Waals surface area contributed by atoms with Gasteiger partial charge in [0.25, 0.3) is 0 Å². The number of allylic oxidation sites excluding steroid dienone is 12. The Bertz CT molecular complexity index is 1080. The Kier molecular flexibility index (Phi) is 48.4. The molecule has 0 fully saturated rings. The molecular weight excluding hydrogens is 741 g/mol. The van der Waals surface area contributed by atoms with E-state index in [4.69, 9.17) is 14.2 Å². The summed E-state index contributed by atoms with van der Waals surface area (Å²) in [6, 6.07) is 0. The lowest BCUT2D eigenvalue weighted by molar-refractivity contribution is -0.163. The molecule has 0 spiro atoms. The van der Waals surface area contributed by atoms with Crippen molar-refractivity contribution in [3.8, 4) is 0 Å². The summed E-state index contributed by atoms with van der Waals surface area (Å²) < 4.78 is 17.4. The van der Waals surface area contributed by atoms with Gasteiger partial charge < -0.3 is 14.2 Å². The lowest BCUT2D eigenvalue weighted by Gasteiger charge is -2.18. The Labute approximate surface area is 372 Å². The lowest BCUT2D eigenvalue weighted by Crippen LogP contribution is -2.30. The Morgan fingerprint density at radius 1 is 0.383 bits per heavy atom. The van der Waals surface area contributed by atoms with Crippen molar-refractivity contribution in [3.05, 3.63) is 72.9 Å². The van der Waals surface area contributed by atoms with Gasteiger partial charge in [0.15, 0.2) is 6.10 Å². The van der Waals surface area contributed by atoms with E-state index in [0.29, 0.717) is 19.4 Å². The van der Waals surface area contributed by atoms with Crippen molar-refractivity contribution in [2.75, 3.05) is 19.8 Å². The fourth-order valence-electron chi connectivity index (χ4n) is 6.90. The van der Waals surface area contributed by atoms with Crippen molar-refractivity contribution in [2.24, 2.45) is 0 Å². The molecule has 0 saturated heterocycles. The molecule has 0 aliphatic rings. The third kappa shape index (κ3) is 48.0. The molecule has 1 atom stereocenters. The monoisotopic (exact) mass is 837 g/mol. The highest BCUT2D eigenvalue weighted by atomic mass is 16.6. The summed E-state index contributed by atoms with van der Waals surface area (Å²) in [6.07, 6.45) is 64.7. The van der Waals surface area contributed by atoms with Crippen LogP contribution in [0.2, 0.25) is 0 Å². The van der Waals surface area contributed by atoms with E-state index in [1.165, 1.54) is 116 Å². The van der Waals surface area contributed by atoms with Crippen molar-refractivity contribution in [1.82, 2.24) is 0 Å². The summed E-state index contributed by atoms with van der Waals surface area (Å²) in [6.45, 7) is 7.64. The molecule has 0 bridgehead atoms. The average molecular weight is 837 g/mol. The fourth-order valence-corrected chi connectivity index (χ4v) is 6.90. The van der Waals surface area contributed by atoms with Crippen LogP contribution in [0, 0.1) is 0 Å². The van der Waals surface area contributed by atoms with Gasteiger partial charge in [0.2, 0.25) is 0 Å². The van der Waals surface area contributed by atoms with Crippen LogP contribution in [-0.2, 0) is 23.8 Å². The third-order valence-electron chi connectivity index (χ3n) is 10.7. The minimum atomic E-state index is -0.554. The van der Waals surface area contributed by atoms with Gasteiger partial charge >= 0.3 is 11.9 Å². The molecule has 0 amide bonds. The van der Waals surface area contributed by atoms with E-state index in [2.05, 4.69) is 93.7 Å². The van der Waals surface area contributed by atoms with Crippen LogP contribution in [0.3, 0.4) is 0 Å². The van der Waals surface area contributed by atoms with Crippen LogP contribution in [0.15, 0.2) is 72.9 Å². The molecule has 5 nitrogen and oxygen atoms in total. The minimum absolute atomic E-state index is 0.0668. The van der Waals surface area contributed by atoms with E-state index in [-0.39, 0.29) is 25.2 Å². The van der Waals surface area contributed by atoms with E-state index >= 15 is 0 Å². The maximum Gasteiger partial charge on any atom is 0.306 e. The maximum absolute atomic E-state index is 12.8. The number of hydrogen-bond acceptors (Lipinski definition) is 5. The Morgan fingerprint density at radius 2 is 0.750 bits per heavy atom. The number of ether oxygens (including phenoxy) is 3. The molecule has 346 valence electrons. The van der Waals surface area contributed by atoms with Gasteiger partial charge in [-0.3, -0.25) is 9.59 Å². The number of unbranched alkanes of at least 4 members (excludes halogenated alkanes) is 23. The highest BCUT2D eigenvalue weighted by Gasteiger charge is 2.17. The van der Waals surface area contributed by atoms with Crippen molar-refractivity contribution >= 4 is 11.9 Å². The fraction of sp³-hybridized carbons (Fsp3) is 0.745. The van der Waals surface area contributed by atoms with Crippen LogP contribution in [0.4, 0.5) is 0 Å². The maximum atomic E-state index is 12.8. The number of esters is 2. The molecular formula is C55H96O5. The predicted octanol–water partition coefficient (Wildman–Crippen LogP) is 17.1. The number of hydrogen-bond donors (Lipinski definition) is 0. The first-order valence-electron chi connectivity index (χ1n) is 25.5. The zero-order chi connectivity index (χ0) is 43.5. The number of carbonyl (C=O) groups is 2. The van der Waals surface area contributed by atoms with Gasteiger partial charge in [-0.05, 0) is 109 Å². The quantitative estimate of drug-likeness (QED) is 0.0347. The van der Waals surface area contributed by atoms with Gasteiger partial charge in [-0.15, -0.1) is 0 Å². The molecule has 1 unspecified atom stereocenters. The lowest BCUT2D eigenvalue weighted by atomic mass is 10.1. The standard InChI is InChI=1S/C55H96O5/c1-4-7-10-13-16-19-22-25-27-29-32-35-38-41-44-47-50-58-51-53(60-55(57)49-46-43-40-37-34-30-24-21-18-15-12-9-6-3)52-59-54(56)48-45-42-39-36-33-31-28-26-23-20-17-14-11-8-5-2/h8,11,16-17,19-21,24-28,53H,4-7,9-10,12-15,18,22-23,29-52H2,1-3H3/b11-8-,19-16-,20-17-,24-21-,27-25-,28-26-. The van der Waals surface area contributed by atoms with Gasteiger partial charge in [-0.25, -0.2) is 0 Å². The molecule has 0 heterocycles. The summed E-state index contributed by atoms with van der Waals surface area (Å²) in [4.78, 5) is 25.4. The molecule has 0 radical (unpaired) electrons. The van der Waals surface area contributed by atoms with Crippen LogP contribution >= 0.6 is 0 Å². The van der Waals surface area contributed by atoms with Gasteiger partial charge in [0.1, 0.15) is 6.61 Å². The van der Waals surface area contributed by atoms with E-state index in [9.17, 15) is 9.59 Å². The molecule has 60 heavy (non-hydrogen) atoms. The van der Waals surface area contributed by atoms with Gasteiger partial charge in [-0.1, -0.05) is 190 Å². The molecule has 0 N–H and O–H groups in total. The smallest absolute Gasteiger partial charge is 0.306 e. The van der Waals surface area contributed by atoms with Crippen molar-refractivity contribution < 1.29 is 23.8 Å². The molecule has 0 aromatic heterocycles. The zero-order valence-corrected chi connectivity index (χ0v) is 39.7. The van der Waals surface area contributed by atoms with Gasteiger partial charge in [-0.2, -0.15) is 0 Å². The Morgan fingerprint density at radius 3 is 1.25 bits per heavy atom. The summed E-state index contributed by atoms with van der Waals surface area (Å²) in [5, 5.41) is 0. The number of rotatable bonds is 46. The second-order valence-corrected chi connectivity index (χ2v) is 16.7. The molecule has 0 aliphatic carbocycles. The molecule has 0 saturated carbocycles. The van der Waals surface area contributed by atoms with E-state index in [0.717, 1.165) is 89.9 Å². The topological polar surface area (TPSA) is 61.8 Å². The van der Waals surface area contributed by atoms with E-state index < -0.39 is 6.10 Å². The van der Waals surface area contributed by atoms with Crippen LogP contribution in [0.5, 0.6) is 0 Å². The highest BCUT2D eigenvalue weighted by Crippen LogP contribution is 2.13. The van der Waals surface area contributed by atoms with Crippen LogP contribution in [0.25, 0.3) is 0 Å². The Hall–Kier alpha value is -2.66. The average Bonchev–Trinajstić information content (AvgIpc) is 3.25. The van der Waals surface area contributed by atoms with E-state index in [1.54, 1.807) is 0 Å². The summed E-state index contributed by atoms with van der Waals surface area (Å²) in [5.41, 5.74) is 0. The van der Waals surface area contributed by atoms with Crippen LogP contribution in [0.1, 0.15) is 239 Å². The first-order chi connectivity index (χ1) is 29.6. The van der Waals surface area contributed by atoms with Crippen molar-refractivity contribution in [3.63, 3.8) is 0 Å². The minimum Gasteiger partial charge on any atom is -0.462 e. The Balaban J connectivity index is 4.32. The first kappa shape index (κ1) is 57.3. The number of carbonyl (C=O) groups excluding carboxylic acids is 2. The normalized spacial score (nSPS) is 12.8. The second kappa shape index (κ2) is 50.7. The molecule has 5 heteroatoms. The van der Waals surface area contributed by atoms with Crippen molar-refractivity contribution in [1.29, 1.82) is 0 Å². The molecule has 0 aromatic carbocycles. The first-order valence-corrected chi connectivity index (χ1v) is 25.5. The highest BCUT2D eigenvalue weighted by molar-refractivity contribution is 5.70. The SMILES string of the molecule is CC/C=C\C/C=C\C/C=C\CCCCCCCC(=O)OCC(COCCCCCCCC/C=C\C/C=C\CCCCC)OC(=O)CCCCCCC/C=C\CCCCCC. The summed E-state index contributed by atoms with van der Waals surface area (Å²) in [7, 11) is 0.